The van der Waals surface area contributed by atoms with Crippen molar-refractivity contribution in [2.75, 3.05) is 20.3 Å². The highest BCUT2D eigenvalue weighted by Gasteiger charge is 2.12. The van der Waals surface area contributed by atoms with E-state index in [0.717, 1.165) is 25.2 Å². The molecule has 0 amide bonds. The Labute approximate surface area is 121 Å². The molecule has 0 saturated carbocycles. The third-order valence-electron chi connectivity index (χ3n) is 3.17. The number of nitriles is 1. The molecule has 0 bridgehead atoms. The first-order valence-electron chi connectivity index (χ1n) is 7.06. The summed E-state index contributed by atoms with van der Waals surface area (Å²) in [5, 5.41) is 12.1. The summed E-state index contributed by atoms with van der Waals surface area (Å²) in [6.07, 6.45) is 2.23. The summed E-state index contributed by atoms with van der Waals surface area (Å²) in [6, 6.07) is 10.4. The molecule has 0 heterocycles. The van der Waals surface area contributed by atoms with Crippen LogP contribution in [0.3, 0.4) is 0 Å². The van der Waals surface area contributed by atoms with E-state index in [1.54, 1.807) is 7.11 Å². The van der Waals surface area contributed by atoms with Crippen molar-refractivity contribution in [3.8, 4) is 11.8 Å². The van der Waals surface area contributed by atoms with Crippen LogP contribution < -0.4 is 10.1 Å². The molecule has 0 radical (unpaired) electrons. The van der Waals surface area contributed by atoms with Gasteiger partial charge in [0.25, 0.3) is 0 Å². The van der Waals surface area contributed by atoms with Gasteiger partial charge in [-0.25, -0.2) is 0 Å². The molecule has 0 fully saturated rings. The summed E-state index contributed by atoms with van der Waals surface area (Å²) in [4.78, 5) is 0. The molecule has 1 rings (SSSR count). The van der Waals surface area contributed by atoms with Crippen LogP contribution in [0, 0.1) is 11.3 Å². The van der Waals surface area contributed by atoms with Gasteiger partial charge in [-0.05, 0) is 31.0 Å². The highest BCUT2D eigenvalue weighted by molar-refractivity contribution is 5.29. The maximum absolute atomic E-state index is 8.47. The second-order valence-electron chi connectivity index (χ2n) is 4.85. The molecule has 1 aromatic rings. The van der Waals surface area contributed by atoms with Gasteiger partial charge in [0.2, 0.25) is 0 Å². The van der Waals surface area contributed by atoms with Crippen LogP contribution in [0.5, 0.6) is 5.75 Å². The highest BCUT2D eigenvalue weighted by atomic mass is 16.5. The van der Waals surface area contributed by atoms with Crippen LogP contribution in [-0.2, 0) is 4.74 Å². The minimum absolute atomic E-state index is 0.0829. The van der Waals surface area contributed by atoms with Crippen molar-refractivity contribution in [3.63, 3.8) is 0 Å². The van der Waals surface area contributed by atoms with Gasteiger partial charge >= 0.3 is 0 Å². The van der Waals surface area contributed by atoms with Crippen LogP contribution in [-0.4, -0.2) is 26.4 Å². The normalized spacial score (nSPS) is 13.5. The Bertz CT molecular complexity index is 405. The van der Waals surface area contributed by atoms with Gasteiger partial charge in [0, 0.05) is 19.2 Å². The fourth-order valence-electron chi connectivity index (χ4n) is 2.18. The van der Waals surface area contributed by atoms with Crippen molar-refractivity contribution in [1.82, 2.24) is 5.32 Å². The third kappa shape index (κ3) is 5.60. The second kappa shape index (κ2) is 9.35. The topological polar surface area (TPSA) is 54.3 Å². The summed E-state index contributed by atoms with van der Waals surface area (Å²) in [5.74, 6) is 0.726. The number of hydrogen-bond donors (Lipinski definition) is 1. The first-order valence-corrected chi connectivity index (χ1v) is 7.06. The lowest BCUT2D eigenvalue weighted by Crippen LogP contribution is -2.35. The quantitative estimate of drug-likeness (QED) is 0.753. The Morgan fingerprint density at radius 2 is 2.00 bits per heavy atom. The van der Waals surface area contributed by atoms with E-state index in [2.05, 4.69) is 19.2 Å². The molecule has 0 saturated heterocycles. The van der Waals surface area contributed by atoms with Crippen LogP contribution in [0.4, 0.5) is 0 Å². The fourth-order valence-corrected chi connectivity index (χ4v) is 2.18. The molecule has 0 aliphatic carbocycles. The van der Waals surface area contributed by atoms with Crippen molar-refractivity contribution in [1.29, 1.82) is 5.26 Å². The second-order valence-corrected chi connectivity index (χ2v) is 4.85. The van der Waals surface area contributed by atoms with Gasteiger partial charge in [-0.15, -0.1) is 0 Å². The molecule has 0 spiro atoms. The van der Waals surface area contributed by atoms with Gasteiger partial charge in [0.1, 0.15) is 11.8 Å². The largest absolute Gasteiger partial charge is 0.479 e. The smallest absolute Gasteiger partial charge is 0.174 e. The van der Waals surface area contributed by atoms with Crippen molar-refractivity contribution in [3.05, 3.63) is 29.8 Å². The highest BCUT2D eigenvalue weighted by Crippen LogP contribution is 2.18. The molecule has 2 unspecified atom stereocenters. The molecular weight excluding hydrogens is 252 g/mol. The van der Waals surface area contributed by atoms with E-state index in [-0.39, 0.29) is 12.6 Å². The minimum Gasteiger partial charge on any atom is -0.479 e. The van der Waals surface area contributed by atoms with Gasteiger partial charge in [-0.1, -0.05) is 25.5 Å². The van der Waals surface area contributed by atoms with Crippen molar-refractivity contribution < 1.29 is 9.47 Å². The standard InChI is InChI=1S/C16H24N2O2/c1-4-5-15(12-19-3)18-13(2)14-6-8-16(9-7-14)20-11-10-17/h6-9,13,15,18H,4-5,11-12H2,1-3H3. The van der Waals surface area contributed by atoms with Gasteiger partial charge in [-0.3, -0.25) is 0 Å². The molecule has 4 heteroatoms. The zero-order chi connectivity index (χ0) is 14.8. The predicted octanol–water partition coefficient (Wildman–Crippen LogP) is 3.05. The average molecular weight is 276 g/mol. The van der Waals surface area contributed by atoms with E-state index in [0.29, 0.717) is 6.04 Å². The van der Waals surface area contributed by atoms with Gasteiger partial charge in [-0.2, -0.15) is 5.26 Å². The minimum atomic E-state index is 0.0829. The number of hydrogen-bond acceptors (Lipinski definition) is 4. The lowest BCUT2D eigenvalue weighted by Gasteiger charge is -2.23. The predicted molar refractivity (Wildman–Crippen MR) is 79.7 cm³/mol. The van der Waals surface area contributed by atoms with Crippen LogP contribution in [0.25, 0.3) is 0 Å². The molecule has 0 aliphatic rings. The molecule has 1 aromatic carbocycles. The third-order valence-corrected chi connectivity index (χ3v) is 3.17. The lowest BCUT2D eigenvalue weighted by molar-refractivity contribution is 0.157. The molecule has 20 heavy (non-hydrogen) atoms. The zero-order valence-electron chi connectivity index (χ0n) is 12.6. The van der Waals surface area contributed by atoms with Gasteiger partial charge in [0.15, 0.2) is 6.61 Å². The lowest BCUT2D eigenvalue weighted by atomic mass is 10.1. The van der Waals surface area contributed by atoms with Crippen LogP contribution in [0.15, 0.2) is 24.3 Å². The van der Waals surface area contributed by atoms with Crippen LogP contribution in [0.1, 0.15) is 38.3 Å². The summed E-state index contributed by atoms with van der Waals surface area (Å²) in [5.41, 5.74) is 1.20. The zero-order valence-corrected chi connectivity index (χ0v) is 12.6. The van der Waals surface area contributed by atoms with E-state index in [9.17, 15) is 0 Å². The summed E-state index contributed by atoms with van der Waals surface area (Å²) in [7, 11) is 1.73. The van der Waals surface area contributed by atoms with Crippen molar-refractivity contribution >= 4 is 0 Å². The molecule has 1 N–H and O–H groups in total. The Kier molecular flexibility index (Phi) is 7.71. The Balaban J connectivity index is 2.57. The van der Waals surface area contributed by atoms with Gasteiger partial charge < -0.3 is 14.8 Å². The average Bonchev–Trinajstić information content (AvgIpc) is 2.46. The van der Waals surface area contributed by atoms with E-state index >= 15 is 0 Å². The Morgan fingerprint density at radius 1 is 1.30 bits per heavy atom. The molecule has 4 nitrogen and oxygen atoms in total. The first kappa shape index (κ1) is 16.5. The van der Waals surface area contributed by atoms with E-state index in [1.807, 2.05) is 30.3 Å². The fraction of sp³-hybridized carbons (Fsp3) is 0.562. The van der Waals surface area contributed by atoms with E-state index < -0.39 is 0 Å². The first-order chi connectivity index (χ1) is 9.71. The van der Waals surface area contributed by atoms with Crippen LogP contribution in [0.2, 0.25) is 0 Å². The molecule has 0 aromatic heterocycles. The summed E-state index contributed by atoms with van der Waals surface area (Å²) < 4.78 is 10.5. The number of ether oxygens (including phenoxy) is 2. The number of nitrogens with zero attached hydrogens (tertiary/aromatic N) is 1. The summed E-state index contributed by atoms with van der Waals surface area (Å²) >= 11 is 0. The SMILES string of the molecule is CCCC(COC)NC(C)c1ccc(OCC#N)cc1. The summed E-state index contributed by atoms with van der Waals surface area (Å²) in [6.45, 7) is 5.13. The number of benzene rings is 1. The number of rotatable bonds is 9. The van der Waals surface area contributed by atoms with E-state index in [4.69, 9.17) is 14.7 Å². The maximum Gasteiger partial charge on any atom is 0.174 e. The maximum atomic E-state index is 8.47. The van der Waals surface area contributed by atoms with Crippen molar-refractivity contribution in [2.45, 2.75) is 38.8 Å². The molecule has 0 aliphatic heterocycles. The number of nitrogens with one attached hydrogen (secondary N) is 1. The Hall–Kier alpha value is -1.57. The monoisotopic (exact) mass is 276 g/mol. The molecule has 2 atom stereocenters. The molecular formula is C16H24N2O2. The van der Waals surface area contributed by atoms with E-state index in [1.165, 1.54) is 5.56 Å². The molecule has 110 valence electrons. The van der Waals surface area contributed by atoms with Crippen LogP contribution >= 0.6 is 0 Å². The van der Waals surface area contributed by atoms with Crippen molar-refractivity contribution in [2.24, 2.45) is 0 Å². The number of methoxy groups -OCH3 is 1. The Morgan fingerprint density at radius 3 is 2.55 bits per heavy atom. The van der Waals surface area contributed by atoms with Gasteiger partial charge in [0.05, 0.1) is 6.61 Å².